The predicted molar refractivity (Wildman–Crippen MR) is 90.2 cm³/mol. The zero-order valence-electron chi connectivity index (χ0n) is 14.8. The first kappa shape index (κ1) is 18.0. The molecule has 1 saturated carbocycles. The molecule has 0 aromatic carbocycles. The monoisotopic (exact) mass is 282 g/mol. The summed E-state index contributed by atoms with van der Waals surface area (Å²) in [5.74, 6) is 1.74. The van der Waals surface area contributed by atoms with Crippen molar-refractivity contribution in [1.29, 1.82) is 0 Å². The van der Waals surface area contributed by atoms with Crippen LogP contribution < -0.4 is 5.32 Å². The highest BCUT2D eigenvalue weighted by Gasteiger charge is 2.27. The third-order valence-electron chi connectivity index (χ3n) is 4.85. The van der Waals surface area contributed by atoms with E-state index in [1.165, 1.54) is 38.6 Å². The lowest BCUT2D eigenvalue weighted by molar-refractivity contribution is 0.116. The van der Waals surface area contributed by atoms with Gasteiger partial charge in [-0.15, -0.1) is 0 Å². The van der Waals surface area contributed by atoms with E-state index in [1.54, 1.807) is 0 Å². The highest BCUT2D eigenvalue weighted by molar-refractivity contribution is 4.82. The first-order chi connectivity index (χ1) is 9.34. The normalized spacial score (nSPS) is 24.6. The van der Waals surface area contributed by atoms with Gasteiger partial charge in [-0.3, -0.25) is 0 Å². The van der Waals surface area contributed by atoms with Crippen molar-refractivity contribution in [3.05, 3.63) is 0 Å². The van der Waals surface area contributed by atoms with Crippen LogP contribution in [0.2, 0.25) is 0 Å². The molecule has 0 aromatic rings. The summed E-state index contributed by atoms with van der Waals surface area (Å²) in [4.78, 5) is 2.63. The lowest BCUT2D eigenvalue weighted by Crippen LogP contribution is -2.44. The van der Waals surface area contributed by atoms with E-state index in [0.717, 1.165) is 31.0 Å². The second-order valence-corrected chi connectivity index (χ2v) is 8.19. The molecule has 0 bridgehead atoms. The summed E-state index contributed by atoms with van der Waals surface area (Å²) in [5, 5.41) is 3.62. The summed E-state index contributed by atoms with van der Waals surface area (Å²) in [6, 6.07) is 0.821. The van der Waals surface area contributed by atoms with Gasteiger partial charge in [0.25, 0.3) is 0 Å². The molecule has 0 unspecified atom stereocenters. The fourth-order valence-electron chi connectivity index (χ4n) is 3.55. The van der Waals surface area contributed by atoms with Crippen LogP contribution in [0.15, 0.2) is 0 Å². The van der Waals surface area contributed by atoms with E-state index < -0.39 is 0 Å². The molecule has 2 nitrogen and oxygen atoms in total. The van der Waals surface area contributed by atoms with E-state index in [-0.39, 0.29) is 0 Å². The smallest absolute Gasteiger partial charge is 0.00926 e. The van der Waals surface area contributed by atoms with Gasteiger partial charge in [0.2, 0.25) is 0 Å². The summed E-state index contributed by atoms with van der Waals surface area (Å²) in [7, 11) is 2.33. The van der Waals surface area contributed by atoms with Gasteiger partial charge < -0.3 is 10.2 Å². The molecule has 0 atom stereocenters. The van der Waals surface area contributed by atoms with Crippen LogP contribution in [0.5, 0.6) is 0 Å². The Labute approximate surface area is 127 Å². The van der Waals surface area contributed by atoms with Crippen LogP contribution in [-0.2, 0) is 0 Å². The van der Waals surface area contributed by atoms with E-state index in [2.05, 4.69) is 51.9 Å². The van der Waals surface area contributed by atoms with Gasteiger partial charge in [-0.05, 0) is 56.5 Å². The van der Waals surface area contributed by atoms with E-state index in [9.17, 15) is 0 Å². The number of nitrogens with one attached hydrogen (secondary N) is 1. The Balaban J connectivity index is 2.31. The Morgan fingerprint density at radius 1 is 1.15 bits per heavy atom. The van der Waals surface area contributed by atoms with Crippen molar-refractivity contribution in [1.82, 2.24) is 10.2 Å². The number of nitrogens with zero attached hydrogens (tertiary/aromatic N) is 1. The molecule has 0 saturated heterocycles. The Morgan fingerprint density at radius 3 is 2.25 bits per heavy atom. The van der Waals surface area contributed by atoms with E-state index in [1.807, 2.05) is 0 Å². The van der Waals surface area contributed by atoms with Gasteiger partial charge in [0.1, 0.15) is 0 Å². The zero-order chi connectivity index (χ0) is 15.2. The highest BCUT2D eigenvalue weighted by Crippen LogP contribution is 2.30. The minimum absolute atomic E-state index is 0.366. The van der Waals surface area contributed by atoms with Crippen LogP contribution >= 0.6 is 0 Å². The van der Waals surface area contributed by atoms with Crippen molar-refractivity contribution < 1.29 is 0 Å². The minimum Gasteiger partial charge on any atom is -0.316 e. The minimum atomic E-state index is 0.366. The van der Waals surface area contributed by atoms with Gasteiger partial charge >= 0.3 is 0 Å². The fourth-order valence-corrected chi connectivity index (χ4v) is 3.55. The van der Waals surface area contributed by atoms with Crippen LogP contribution in [-0.4, -0.2) is 37.6 Å². The predicted octanol–water partition coefficient (Wildman–Crippen LogP) is 4.16. The van der Waals surface area contributed by atoms with E-state index in [4.69, 9.17) is 0 Å². The average molecular weight is 283 g/mol. The van der Waals surface area contributed by atoms with E-state index in [0.29, 0.717) is 5.41 Å². The zero-order valence-corrected chi connectivity index (χ0v) is 14.8. The lowest BCUT2D eigenvalue weighted by atomic mass is 9.83. The molecule has 0 amide bonds. The van der Waals surface area contributed by atoms with Gasteiger partial charge in [-0.2, -0.15) is 0 Å². The maximum absolute atomic E-state index is 3.62. The van der Waals surface area contributed by atoms with Crippen LogP contribution in [0, 0.1) is 17.3 Å². The standard InChI is InChI=1S/C18H38N2/c1-7-16-8-10-17(11-9-16)20(6)14-18(4,5)13-19-12-15(2)3/h15-17,19H,7-14H2,1-6H3. The van der Waals surface area contributed by atoms with Crippen molar-refractivity contribution in [2.24, 2.45) is 17.3 Å². The summed E-state index contributed by atoms with van der Waals surface area (Å²) in [5.41, 5.74) is 0.366. The number of rotatable bonds is 8. The Hall–Kier alpha value is -0.0800. The topological polar surface area (TPSA) is 15.3 Å². The van der Waals surface area contributed by atoms with Gasteiger partial charge in [0.05, 0.1) is 0 Å². The van der Waals surface area contributed by atoms with E-state index >= 15 is 0 Å². The third kappa shape index (κ3) is 6.58. The van der Waals surface area contributed by atoms with Crippen molar-refractivity contribution in [3.8, 4) is 0 Å². The molecule has 0 aromatic heterocycles. The van der Waals surface area contributed by atoms with Crippen molar-refractivity contribution in [3.63, 3.8) is 0 Å². The van der Waals surface area contributed by atoms with Crippen molar-refractivity contribution >= 4 is 0 Å². The quantitative estimate of drug-likeness (QED) is 0.719. The molecule has 0 spiro atoms. The van der Waals surface area contributed by atoms with Gasteiger partial charge in [0.15, 0.2) is 0 Å². The lowest BCUT2D eigenvalue weighted by Gasteiger charge is -2.39. The Morgan fingerprint density at radius 2 is 1.75 bits per heavy atom. The van der Waals surface area contributed by atoms with Crippen molar-refractivity contribution in [2.45, 2.75) is 72.8 Å². The Bertz CT molecular complexity index is 252. The summed E-state index contributed by atoms with van der Waals surface area (Å²) < 4.78 is 0. The Kier molecular flexibility index (Phi) is 7.53. The summed E-state index contributed by atoms with van der Waals surface area (Å²) in [6.07, 6.45) is 7.07. The third-order valence-corrected chi connectivity index (χ3v) is 4.85. The summed E-state index contributed by atoms with van der Waals surface area (Å²) >= 11 is 0. The van der Waals surface area contributed by atoms with Crippen LogP contribution in [0.25, 0.3) is 0 Å². The molecule has 1 rings (SSSR count). The number of hydrogen-bond acceptors (Lipinski definition) is 2. The second-order valence-electron chi connectivity index (χ2n) is 8.19. The van der Waals surface area contributed by atoms with Gasteiger partial charge in [-0.25, -0.2) is 0 Å². The molecule has 0 radical (unpaired) electrons. The van der Waals surface area contributed by atoms with Crippen LogP contribution in [0.3, 0.4) is 0 Å². The number of hydrogen-bond donors (Lipinski definition) is 1. The first-order valence-corrected chi connectivity index (χ1v) is 8.75. The molecular formula is C18H38N2. The summed E-state index contributed by atoms with van der Waals surface area (Å²) in [6.45, 7) is 15.2. The first-order valence-electron chi connectivity index (χ1n) is 8.75. The highest BCUT2D eigenvalue weighted by atomic mass is 15.1. The molecular weight excluding hydrogens is 244 g/mol. The molecule has 1 N–H and O–H groups in total. The average Bonchev–Trinajstić information content (AvgIpc) is 2.37. The fraction of sp³-hybridized carbons (Fsp3) is 1.00. The molecule has 1 fully saturated rings. The molecule has 1 aliphatic rings. The van der Waals surface area contributed by atoms with Crippen LogP contribution in [0.1, 0.15) is 66.7 Å². The van der Waals surface area contributed by atoms with Gasteiger partial charge in [-0.1, -0.05) is 41.0 Å². The van der Waals surface area contributed by atoms with Crippen molar-refractivity contribution in [2.75, 3.05) is 26.7 Å². The maximum Gasteiger partial charge on any atom is 0.00926 e. The molecule has 120 valence electrons. The molecule has 0 aliphatic heterocycles. The molecule has 2 heteroatoms. The molecule has 20 heavy (non-hydrogen) atoms. The molecule has 1 aliphatic carbocycles. The SMILES string of the molecule is CCC1CCC(N(C)CC(C)(C)CNCC(C)C)CC1. The van der Waals surface area contributed by atoms with Gasteiger partial charge in [0, 0.05) is 19.1 Å². The second kappa shape index (κ2) is 8.38. The van der Waals surface area contributed by atoms with Crippen LogP contribution in [0.4, 0.5) is 0 Å². The maximum atomic E-state index is 3.62. The molecule has 0 heterocycles. The largest absolute Gasteiger partial charge is 0.316 e.